The molecule has 1 atom stereocenters. The van der Waals surface area contributed by atoms with Crippen molar-refractivity contribution in [3.63, 3.8) is 0 Å². The number of aromatic nitrogens is 3. The van der Waals surface area contributed by atoms with E-state index in [4.69, 9.17) is 16.2 Å². The summed E-state index contributed by atoms with van der Waals surface area (Å²) in [5.41, 5.74) is 16.2. The van der Waals surface area contributed by atoms with E-state index < -0.39 is 5.82 Å². The van der Waals surface area contributed by atoms with E-state index in [1.165, 1.54) is 12.1 Å². The van der Waals surface area contributed by atoms with Crippen LogP contribution in [0.15, 0.2) is 47.5 Å². The minimum Gasteiger partial charge on any atom is -0.488 e. The molecular weight excluding hydrogens is 447 g/mol. The van der Waals surface area contributed by atoms with Crippen LogP contribution in [0.25, 0.3) is 22.0 Å². The highest BCUT2D eigenvalue weighted by Crippen LogP contribution is 2.43. The average molecular weight is 473 g/mol. The highest BCUT2D eigenvalue weighted by atomic mass is 19.1. The monoisotopic (exact) mass is 472 g/mol. The van der Waals surface area contributed by atoms with E-state index in [0.717, 1.165) is 41.8 Å². The normalized spacial score (nSPS) is 16.4. The molecular formula is C26H25FN6O2. The smallest absolute Gasteiger partial charge is 0.221 e. The molecule has 0 unspecified atom stereocenters. The second-order valence-electron chi connectivity index (χ2n) is 9.07. The second kappa shape index (κ2) is 7.97. The molecule has 8 nitrogen and oxygen atoms in total. The fraction of sp³-hybridized carbons (Fsp3) is 0.269. The molecule has 2 aromatic heterocycles. The first-order valence-corrected chi connectivity index (χ1v) is 11.7. The number of nitrogens with zero attached hydrogens (tertiary/aromatic N) is 4. The number of pyridine rings is 1. The Morgan fingerprint density at radius 2 is 2.09 bits per heavy atom. The summed E-state index contributed by atoms with van der Waals surface area (Å²) in [7, 11) is 0. The second-order valence-corrected chi connectivity index (χ2v) is 9.07. The number of benzene rings is 2. The largest absolute Gasteiger partial charge is 0.488 e. The molecule has 9 heteroatoms. The highest BCUT2D eigenvalue weighted by Gasteiger charge is 2.28. The molecule has 35 heavy (non-hydrogen) atoms. The summed E-state index contributed by atoms with van der Waals surface area (Å²) in [5.74, 6) is 0.494. The number of rotatable bonds is 4. The number of ether oxygens (including phenoxy) is 1. The van der Waals surface area contributed by atoms with E-state index in [9.17, 15) is 4.79 Å². The fourth-order valence-electron chi connectivity index (χ4n) is 5.21. The molecule has 2 aliphatic heterocycles. The molecule has 2 aromatic carbocycles. The topological polar surface area (TPSA) is 112 Å². The van der Waals surface area contributed by atoms with Crippen LogP contribution in [0.4, 0.5) is 21.8 Å². The van der Waals surface area contributed by atoms with Gasteiger partial charge in [-0.3, -0.25) is 4.79 Å². The maximum absolute atomic E-state index is 15.5. The third-order valence-corrected chi connectivity index (χ3v) is 7.04. The summed E-state index contributed by atoms with van der Waals surface area (Å²) < 4.78 is 23.6. The lowest BCUT2D eigenvalue weighted by Gasteiger charge is -2.29. The summed E-state index contributed by atoms with van der Waals surface area (Å²) in [5, 5.41) is 0.345. The maximum atomic E-state index is 15.5. The standard InChI is InChI=1S/C26H25FN6O2/c1-2-17-13-35-24-22(19(27)10-18-21(34)6-8-33(17)23(18)24)15-3-4-20-14(9-15)5-7-32(20)12-16-11-30-26(29)31-25(16)28/h3-4,6,8-11,17H,2,5,7,12-13H2,1H3,(H4,28,29,30,31)/t17-/m0/s1. The Bertz CT molecular complexity index is 1550. The van der Waals surface area contributed by atoms with Gasteiger partial charge >= 0.3 is 0 Å². The number of nitrogen functional groups attached to an aromatic ring is 2. The molecule has 4 aromatic rings. The first kappa shape index (κ1) is 21.4. The van der Waals surface area contributed by atoms with E-state index in [0.29, 0.717) is 41.2 Å². The van der Waals surface area contributed by atoms with Gasteiger partial charge in [0.05, 0.1) is 22.5 Å². The van der Waals surface area contributed by atoms with Crippen molar-refractivity contribution in [2.45, 2.75) is 32.4 Å². The van der Waals surface area contributed by atoms with Crippen LogP contribution >= 0.6 is 0 Å². The van der Waals surface area contributed by atoms with Crippen LogP contribution in [0.5, 0.6) is 5.75 Å². The third-order valence-electron chi connectivity index (χ3n) is 7.04. The Morgan fingerprint density at radius 1 is 1.23 bits per heavy atom. The van der Waals surface area contributed by atoms with Crippen molar-refractivity contribution in [3.05, 3.63) is 69.9 Å². The lowest BCUT2D eigenvalue weighted by molar-refractivity contribution is 0.232. The molecule has 0 amide bonds. The first-order chi connectivity index (χ1) is 16.9. The Labute approximate surface area is 201 Å². The van der Waals surface area contributed by atoms with Crippen molar-refractivity contribution in [2.75, 3.05) is 29.5 Å². The van der Waals surface area contributed by atoms with Gasteiger partial charge in [0.15, 0.2) is 11.2 Å². The van der Waals surface area contributed by atoms with Gasteiger partial charge in [-0.1, -0.05) is 13.0 Å². The van der Waals surface area contributed by atoms with E-state index in [-0.39, 0.29) is 17.4 Å². The van der Waals surface area contributed by atoms with Gasteiger partial charge in [-0.05, 0) is 42.2 Å². The quantitative estimate of drug-likeness (QED) is 0.466. The summed E-state index contributed by atoms with van der Waals surface area (Å²) in [4.78, 5) is 22.8. The van der Waals surface area contributed by atoms with Crippen molar-refractivity contribution in [1.29, 1.82) is 0 Å². The van der Waals surface area contributed by atoms with Crippen molar-refractivity contribution >= 4 is 28.4 Å². The fourth-order valence-corrected chi connectivity index (χ4v) is 5.21. The lowest BCUT2D eigenvalue weighted by atomic mass is 9.97. The van der Waals surface area contributed by atoms with Crippen LogP contribution in [-0.4, -0.2) is 27.7 Å². The summed E-state index contributed by atoms with van der Waals surface area (Å²) in [6, 6.07) is 8.86. The number of nitrogens with two attached hydrogens (primary N) is 2. The first-order valence-electron chi connectivity index (χ1n) is 11.7. The Morgan fingerprint density at radius 3 is 2.89 bits per heavy atom. The van der Waals surface area contributed by atoms with E-state index in [2.05, 4.69) is 21.8 Å². The zero-order valence-corrected chi connectivity index (χ0v) is 19.3. The molecule has 2 aliphatic rings. The van der Waals surface area contributed by atoms with E-state index in [1.54, 1.807) is 12.4 Å². The minimum atomic E-state index is -0.459. The molecule has 178 valence electrons. The SMILES string of the molecule is CC[C@H]1COc2c(-c3ccc4c(c3)CCN4Cc3cnc(N)nc3N)c(F)cc3c(=O)ccn1c23. The van der Waals surface area contributed by atoms with Gasteiger partial charge < -0.3 is 25.7 Å². The van der Waals surface area contributed by atoms with Crippen molar-refractivity contribution in [3.8, 4) is 16.9 Å². The third kappa shape index (κ3) is 3.38. The molecule has 0 radical (unpaired) electrons. The van der Waals surface area contributed by atoms with Gasteiger partial charge in [-0.2, -0.15) is 4.98 Å². The molecule has 0 saturated carbocycles. The maximum Gasteiger partial charge on any atom is 0.221 e. The van der Waals surface area contributed by atoms with Crippen LogP contribution in [0.1, 0.15) is 30.5 Å². The number of hydrogen-bond donors (Lipinski definition) is 2. The molecule has 4 N–H and O–H groups in total. The predicted molar refractivity (Wildman–Crippen MR) is 134 cm³/mol. The molecule has 4 heterocycles. The van der Waals surface area contributed by atoms with E-state index in [1.807, 2.05) is 22.8 Å². The highest BCUT2D eigenvalue weighted by molar-refractivity contribution is 5.94. The lowest BCUT2D eigenvalue weighted by Crippen LogP contribution is -2.25. The minimum absolute atomic E-state index is 0.0993. The van der Waals surface area contributed by atoms with Crippen molar-refractivity contribution < 1.29 is 9.13 Å². The number of anilines is 3. The summed E-state index contributed by atoms with van der Waals surface area (Å²) in [6.07, 6.45) is 5.11. The Balaban J connectivity index is 1.43. The summed E-state index contributed by atoms with van der Waals surface area (Å²) in [6.45, 7) is 3.86. The van der Waals surface area contributed by atoms with Crippen LogP contribution in [0.3, 0.4) is 0 Å². The summed E-state index contributed by atoms with van der Waals surface area (Å²) >= 11 is 0. The Hall–Kier alpha value is -4.14. The van der Waals surface area contributed by atoms with Crippen LogP contribution < -0.4 is 26.5 Å². The number of hydrogen-bond acceptors (Lipinski definition) is 7. The van der Waals surface area contributed by atoms with Crippen molar-refractivity contribution in [2.24, 2.45) is 0 Å². The van der Waals surface area contributed by atoms with Gasteiger partial charge in [-0.25, -0.2) is 9.37 Å². The van der Waals surface area contributed by atoms with Crippen LogP contribution in [-0.2, 0) is 13.0 Å². The molecule has 0 fully saturated rings. The van der Waals surface area contributed by atoms with Crippen LogP contribution in [0, 0.1) is 5.82 Å². The Kier molecular flexibility index (Phi) is 4.87. The number of fused-ring (bicyclic) bond motifs is 1. The van der Waals surface area contributed by atoms with Crippen molar-refractivity contribution in [1.82, 2.24) is 14.5 Å². The van der Waals surface area contributed by atoms with Gasteiger partial charge in [0.1, 0.15) is 18.2 Å². The molecule has 0 bridgehead atoms. The predicted octanol–water partition coefficient (Wildman–Crippen LogP) is 3.67. The van der Waals surface area contributed by atoms with Gasteiger partial charge in [0.25, 0.3) is 0 Å². The van der Waals surface area contributed by atoms with Gasteiger partial charge in [0.2, 0.25) is 5.95 Å². The van der Waals surface area contributed by atoms with Gasteiger partial charge in [0, 0.05) is 42.8 Å². The molecule has 0 saturated heterocycles. The number of halogens is 1. The zero-order chi connectivity index (χ0) is 24.3. The molecule has 0 aliphatic carbocycles. The average Bonchev–Trinajstić information content (AvgIpc) is 3.24. The van der Waals surface area contributed by atoms with Gasteiger partial charge in [-0.15, -0.1) is 0 Å². The molecule has 6 rings (SSSR count). The zero-order valence-electron chi connectivity index (χ0n) is 19.3. The molecule has 0 spiro atoms. The van der Waals surface area contributed by atoms with E-state index >= 15 is 4.39 Å². The van der Waals surface area contributed by atoms with Crippen LogP contribution in [0.2, 0.25) is 0 Å².